The average Bonchev–Trinajstić information content (AvgIpc) is 2.36. The Kier molecular flexibility index (Phi) is 3.77. The second kappa shape index (κ2) is 5.16. The van der Waals surface area contributed by atoms with Gasteiger partial charge in [0.15, 0.2) is 9.84 Å². The van der Waals surface area contributed by atoms with E-state index in [4.69, 9.17) is 9.47 Å². The fraction of sp³-hybridized carbons (Fsp3) is 0.500. The Bertz CT molecular complexity index is 527. The van der Waals surface area contributed by atoms with Gasteiger partial charge in [0.25, 0.3) is 0 Å². The molecule has 0 amide bonds. The van der Waals surface area contributed by atoms with Crippen molar-refractivity contribution in [3.05, 3.63) is 23.8 Å². The molecule has 1 N–H and O–H groups in total. The molecule has 1 unspecified atom stereocenters. The zero-order valence-electron chi connectivity index (χ0n) is 10.5. The van der Waals surface area contributed by atoms with E-state index in [-0.39, 0.29) is 17.5 Å². The zero-order chi connectivity index (χ0) is 13.2. The number of ether oxygens (including phenoxy) is 2. The molecule has 1 aromatic rings. The van der Waals surface area contributed by atoms with Crippen molar-refractivity contribution in [3.63, 3.8) is 0 Å². The normalized spacial score (nSPS) is 22.4. The van der Waals surface area contributed by atoms with Crippen LogP contribution in [0.1, 0.15) is 11.6 Å². The maximum Gasteiger partial charge on any atom is 0.153 e. The first kappa shape index (κ1) is 13.2. The highest BCUT2D eigenvalue weighted by Crippen LogP contribution is 2.31. The van der Waals surface area contributed by atoms with Gasteiger partial charge in [0.1, 0.15) is 11.5 Å². The number of rotatable bonds is 3. The Morgan fingerprint density at radius 2 is 2.06 bits per heavy atom. The lowest BCUT2D eigenvalue weighted by molar-refractivity contribution is 0.385. The summed E-state index contributed by atoms with van der Waals surface area (Å²) in [6, 6.07) is 5.19. The third kappa shape index (κ3) is 2.76. The van der Waals surface area contributed by atoms with Crippen molar-refractivity contribution in [2.24, 2.45) is 0 Å². The Balaban J connectivity index is 2.32. The summed E-state index contributed by atoms with van der Waals surface area (Å²) in [6.07, 6.45) is 0. The summed E-state index contributed by atoms with van der Waals surface area (Å²) in [6.45, 7) is 0.474. The lowest BCUT2D eigenvalue weighted by Gasteiger charge is -2.25. The molecule has 100 valence electrons. The maximum absolute atomic E-state index is 11.7. The molecule has 6 heteroatoms. The van der Waals surface area contributed by atoms with Crippen molar-refractivity contribution >= 4 is 9.84 Å². The molecule has 2 rings (SSSR count). The quantitative estimate of drug-likeness (QED) is 0.879. The van der Waals surface area contributed by atoms with Crippen LogP contribution in [0.4, 0.5) is 0 Å². The van der Waals surface area contributed by atoms with Crippen molar-refractivity contribution in [1.29, 1.82) is 0 Å². The molecule has 5 nitrogen and oxygen atoms in total. The Hall–Kier alpha value is -1.27. The summed E-state index contributed by atoms with van der Waals surface area (Å²) in [4.78, 5) is 0. The molecule has 0 aliphatic carbocycles. The Morgan fingerprint density at radius 3 is 2.67 bits per heavy atom. The van der Waals surface area contributed by atoms with Crippen molar-refractivity contribution in [2.75, 3.05) is 32.3 Å². The smallest absolute Gasteiger partial charge is 0.153 e. The van der Waals surface area contributed by atoms with Crippen LogP contribution in [0, 0.1) is 0 Å². The first-order valence-corrected chi connectivity index (χ1v) is 7.53. The molecule has 1 atom stereocenters. The SMILES string of the molecule is COc1ccc(C2CS(=O)(=O)CCN2)c(OC)c1. The molecular weight excluding hydrogens is 254 g/mol. The highest BCUT2D eigenvalue weighted by atomic mass is 32.2. The highest BCUT2D eigenvalue weighted by Gasteiger charge is 2.27. The van der Waals surface area contributed by atoms with Crippen molar-refractivity contribution in [3.8, 4) is 11.5 Å². The van der Waals surface area contributed by atoms with Crippen LogP contribution in [0.25, 0.3) is 0 Å². The van der Waals surface area contributed by atoms with E-state index in [0.29, 0.717) is 18.0 Å². The number of sulfone groups is 1. The fourth-order valence-electron chi connectivity index (χ4n) is 2.09. The molecule has 1 heterocycles. The summed E-state index contributed by atoms with van der Waals surface area (Å²) >= 11 is 0. The van der Waals surface area contributed by atoms with Crippen LogP contribution in [0.3, 0.4) is 0 Å². The monoisotopic (exact) mass is 271 g/mol. The fourth-order valence-corrected chi connectivity index (χ4v) is 3.49. The van der Waals surface area contributed by atoms with Crippen LogP contribution >= 0.6 is 0 Å². The van der Waals surface area contributed by atoms with Crippen molar-refractivity contribution in [1.82, 2.24) is 5.32 Å². The summed E-state index contributed by atoms with van der Waals surface area (Å²) in [5.74, 6) is 1.63. The van der Waals surface area contributed by atoms with Crippen molar-refractivity contribution in [2.45, 2.75) is 6.04 Å². The van der Waals surface area contributed by atoms with Gasteiger partial charge in [0, 0.05) is 24.2 Å². The van der Waals surface area contributed by atoms with Gasteiger partial charge in [-0.25, -0.2) is 8.42 Å². The summed E-state index contributed by atoms with van der Waals surface area (Å²) in [5.41, 5.74) is 0.849. The summed E-state index contributed by atoms with van der Waals surface area (Å²) in [7, 11) is 0.176. The molecule has 0 aromatic heterocycles. The van der Waals surface area contributed by atoms with E-state index in [1.807, 2.05) is 6.07 Å². The number of methoxy groups -OCH3 is 2. The predicted molar refractivity (Wildman–Crippen MR) is 68.9 cm³/mol. The molecular formula is C12H17NO4S. The molecule has 0 radical (unpaired) electrons. The Morgan fingerprint density at radius 1 is 1.28 bits per heavy atom. The average molecular weight is 271 g/mol. The van der Waals surface area contributed by atoms with E-state index in [1.165, 1.54) is 0 Å². The van der Waals surface area contributed by atoms with Crippen LogP contribution in [0.2, 0.25) is 0 Å². The van der Waals surface area contributed by atoms with E-state index in [0.717, 1.165) is 5.56 Å². The lowest BCUT2D eigenvalue weighted by Crippen LogP contribution is -2.39. The molecule has 1 aliphatic heterocycles. The van der Waals surface area contributed by atoms with Gasteiger partial charge in [0.05, 0.1) is 25.7 Å². The van der Waals surface area contributed by atoms with Gasteiger partial charge in [-0.2, -0.15) is 0 Å². The first-order valence-electron chi connectivity index (χ1n) is 5.71. The van der Waals surface area contributed by atoms with Gasteiger partial charge in [-0.15, -0.1) is 0 Å². The molecule has 1 aliphatic rings. The summed E-state index contributed by atoms with van der Waals surface area (Å²) in [5, 5.41) is 3.20. The van der Waals surface area contributed by atoms with Crippen LogP contribution < -0.4 is 14.8 Å². The molecule has 1 saturated heterocycles. The Labute approximate surface area is 107 Å². The number of hydrogen-bond donors (Lipinski definition) is 1. The highest BCUT2D eigenvalue weighted by molar-refractivity contribution is 7.91. The largest absolute Gasteiger partial charge is 0.497 e. The molecule has 18 heavy (non-hydrogen) atoms. The van der Waals surface area contributed by atoms with Gasteiger partial charge in [-0.1, -0.05) is 6.07 Å². The second-order valence-electron chi connectivity index (χ2n) is 4.23. The lowest BCUT2D eigenvalue weighted by atomic mass is 10.1. The van der Waals surface area contributed by atoms with Gasteiger partial charge in [0.2, 0.25) is 0 Å². The standard InChI is InChI=1S/C12H17NO4S/c1-16-9-3-4-10(12(7-9)17-2)11-8-18(14,15)6-5-13-11/h3-4,7,11,13H,5-6,8H2,1-2H3. The molecule has 1 aromatic carbocycles. The van der Waals surface area contributed by atoms with E-state index in [9.17, 15) is 8.42 Å². The van der Waals surface area contributed by atoms with Gasteiger partial charge in [-0.3, -0.25) is 0 Å². The third-order valence-electron chi connectivity index (χ3n) is 3.04. The van der Waals surface area contributed by atoms with Gasteiger partial charge < -0.3 is 14.8 Å². The first-order chi connectivity index (χ1) is 8.55. The van der Waals surface area contributed by atoms with E-state index < -0.39 is 9.84 Å². The molecule has 0 saturated carbocycles. The number of benzene rings is 1. The number of nitrogens with one attached hydrogen (secondary N) is 1. The summed E-state index contributed by atoms with van der Waals surface area (Å²) < 4.78 is 33.7. The van der Waals surface area contributed by atoms with Crippen molar-refractivity contribution < 1.29 is 17.9 Å². The minimum absolute atomic E-state index is 0.107. The topological polar surface area (TPSA) is 64.6 Å². The van der Waals surface area contributed by atoms with E-state index in [2.05, 4.69) is 5.32 Å². The van der Waals surface area contributed by atoms with Crippen LogP contribution in [-0.2, 0) is 9.84 Å². The van der Waals surface area contributed by atoms with Crippen LogP contribution in [-0.4, -0.2) is 40.7 Å². The maximum atomic E-state index is 11.7. The van der Waals surface area contributed by atoms with E-state index in [1.54, 1.807) is 26.4 Å². The molecule has 0 spiro atoms. The minimum Gasteiger partial charge on any atom is -0.497 e. The van der Waals surface area contributed by atoms with Crippen LogP contribution in [0.15, 0.2) is 18.2 Å². The third-order valence-corrected chi connectivity index (χ3v) is 4.71. The molecule has 0 bridgehead atoms. The minimum atomic E-state index is -2.97. The van der Waals surface area contributed by atoms with Crippen LogP contribution in [0.5, 0.6) is 11.5 Å². The predicted octanol–water partition coefficient (Wildman–Crippen LogP) is 0.763. The number of hydrogen-bond acceptors (Lipinski definition) is 5. The van der Waals surface area contributed by atoms with Gasteiger partial charge in [-0.05, 0) is 6.07 Å². The van der Waals surface area contributed by atoms with Gasteiger partial charge >= 0.3 is 0 Å². The second-order valence-corrected chi connectivity index (χ2v) is 6.46. The molecule has 1 fully saturated rings. The zero-order valence-corrected chi connectivity index (χ0v) is 11.3. The van der Waals surface area contributed by atoms with E-state index >= 15 is 0 Å².